The Labute approximate surface area is 221 Å². The predicted molar refractivity (Wildman–Crippen MR) is 143 cm³/mol. The third-order valence-corrected chi connectivity index (χ3v) is 4.33. The van der Waals surface area contributed by atoms with Gasteiger partial charge >= 0.3 is 30.2 Å². The smallest absolute Gasteiger partial charge is 0.171 e. The Morgan fingerprint density at radius 3 is 1.75 bits per heavy atom. The number of halogens is 1. The molecule has 0 saturated carbocycles. The average molecular weight is 577 g/mol. The van der Waals surface area contributed by atoms with Gasteiger partial charge in [-0.3, -0.25) is 6.08 Å². The summed E-state index contributed by atoms with van der Waals surface area (Å²) in [6, 6.07) is 35.7. The molecule has 0 unspecified atom stereocenters. The Morgan fingerprint density at radius 2 is 1.44 bits per heavy atom. The maximum absolute atomic E-state index is 3.51. The van der Waals surface area contributed by atoms with Crippen LogP contribution in [-0.2, 0) is 23.3 Å². The summed E-state index contributed by atoms with van der Waals surface area (Å²) < 4.78 is 1.18. The van der Waals surface area contributed by atoms with Crippen LogP contribution in [0.2, 0.25) is 0 Å². The Bertz CT molecular complexity index is 881. The first-order valence-corrected chi connectivity index (χ1v) is 14.4. The van der Waals surface area contributed by atoms with Crippen molar-refractivity contribution in [2.24, 2.45) is 0 Å². The molecule has 2 radical (unpaired) electrons. The number of allylic oxidation sites excluding steroid dienone is 4. The first-order chi connectivity index (χ1) is 14.8. The molecule has 0 heterocycles. The van der Waals surface area contributed by atoms with Gasteiger partial charge in [0.1, 0.15) is 0 Å². The molecule has 32 heavy (non-hydrogen) atoms. The topological polar surface area (TPSA) is 0 Å². The van der Waals surface area contributed by atoms with E-state index in [-0.39, 0.29) is 14.9 Å². The molecule has 0 spiro atoms. The van der Waals surface area contributed by atoms with E-state index < -0.39 is 0 Å². The molecule has 0 saturated heterocycles. The van der Waals surface area contributed by atoms with Gasteiger partial charge in [-0.2, -0.15) is 84.9 Å². The maximum atomic E-state index is 3.51. The SMILES string of the molecule is Cc1cc2c(Br)cccc2[cH-]1.[C-]1=CC=CC1.[CH3-].[CH3-].[Si]=[Zr].[c-]1ccccc1.[c-]1ccccc1. The zero-order chi connectivity index (χ0) is 21.9. The van der Waals surface area contributed by atoms with Crippen molar-refractivity contribution in [3.8, 4) is 0 Å². The number of aryl methyl sites for hydroxylation is 1. The molecule has 166 valence electrons. The van der Waals surface area contributed by atoms with Crippen LogP contribution in [0.15, 0.2) is 114 Å². The van der Waals surface area contributed by atoms with Crippen LogP contribution in [0.4, 0.5) is 0 Å². The standard InChI is InChI=1S/C10H8Br.2C6H5.C5H5.2CH3.Si.Zr/c1-7-5-8-3-2-4-10(11)9(8)6-7;2*1-2-4-6-5-3-1;1-2-4-5-3-1;;;;/h2-6H,1H3;2*1-5H;1-3H,4H2;2*1H3;;/q6*-1;;. The Hall–Kier alpha value is -1.67. The Morgan fingerprint density at radius 1 is 0.875 bits per heavy atom. The first kappa shape index (κ1) is 32.5. The second kappa shape index (κ2) is 22.5. The second-order valence-electron chi connectivity index (χ2n) is 5.93. The minimum absolute atomic E-state index is 0. The molecule has 4 aromatic carbocycles. The van der Waals surface area contributed by atoms with E-state index in [4.69, 9.17) is 0 Å². The number of benzene rings is 3. The van der Waals surface area contributed by atoms with Crippen molar-refractivity contribution in [2.75, 3.05) is 0 Å². The van der Waals surface area contributed by atoms with Crippen molar-refractivity contribution in [3.05, 3.63) is 152 Å². The van der Waals surface area contributed by atoms with Gasteiger partial charge in [0.05, 0.1) is 0 Å². The molecular weight excluding hydrogens is 548 g/mol. The third kappa shape index (κ3) is 15.2. The fourth-order valence-electron chi connectivity index (χ4n) is 2.37. The van der Waals surface area contributed by atoms with Crippen molar-refractivity contribution in [1.29, 1.82) is 0 Å². The molecule has 0 N–H and O–H groups in total. The van der Waals surface area contributed by atoms with Crippen LogP contribution in [-0.4, -0.2) is 6.88 Å². The molecule has 4 aromatic rings. The van der Waals surface area contributed by atoms with Crippen LogP contribution in [0.25, 0.3) is 10.8 Å². The van der Waals surface area contributed by atoms with Gasteiger partial charge in [-0.05, 0) is 4.47 Å². The van der Waals surface area contributed by atoms with E-state index in [0.717, 1.165) is 6.42 Å². The fraction of sp³-hybridized carbons (Fsp3) is 0.0690. The number of hydrogen-bond donors (Lipinski definition) is 0. The molecule has 3 heteroatoms. The summed E-state index contributed by atoms with van der Waals surface area (Å²) in [5.41, 5.74) is 1.33. The monoisotopic (exact) mass is 574 g/mol. The van der Waals surface area contributed by atoms with E-state index in [9.17, 15) is 0 Å². The summed E-state index contributed by atoms with van der Waals surface area (Å²) in [7, 11) is 0. The van der Waals surface area contributed by atoms with Crippen LogP contribution in [0.3, 0.4) is 0 Å². The van der Waals surface area contributed by atoms with Crippen LogP contribution in [0.5, 0.6) is 0 Å². The predicted octanol–water partition coefficient (Wildman–Crippen LogP) is 8.43. The molecule has 0 fully saturated rings. The van der Waals surface area contributed by atoms with Gasteiger partial charge in [-0.25, -0.2) is 12.2 Å². The maximum Gasteiger partial charge on any atom is -0.171 e. The zero-order valence-electron chi connectivity index (χ0n) is 19.0. The van der Waals surface area contributed by atoms with Crippen LogP contribution >= 0.6 is 15.9 Å². The molecule has 0 amide bonds. The van der Waals surface area contributed by atoms with Gasteiger partial charge in [0, 0.05) is 0 Å². The Balaban J connectivity index is 0. The largest absolute Gasteiger partial charge is 0.184 e. The summed E-state index contributed by atoms with van der Waals surface area (Å²) in [5.74, 6) is 0. The van der Waals surface area contributed by atoms with Crippen molar-refractivity contribution in [3.63, 3.8) is 0 Å². The van der Waals surface area contributed by atoms with E-state index in [1.54, 1.807) is 0 Å². The van der Waals surface area contributed by atoms with E-state index in [1.807, 2.05) is 72.8 Å². The minimum Gasteiger partial charge on any atom is -0.184 e. The normalized spacial score (nSPS) is 9.53. The van der Waals surface area contributed by atoms with Crippen molar-refractivity contribution < 1.29 is 23.3 Å². The summed E-state index contributed by atoms with van der Waals surface area (Å²) in [4.78, 5) is 0. The molecular formula is C29H29BrSiZr-6. The molecule has 1 aliphatic carbocycles. The molecule has 0 nitrogen and oxygen atoms in total. The first-order valence-electron chi connectivity index (χ1n) is 9.38. The average Bonchev–Trinajstić information content (AvgIpc) is 3.52. The number of rotatable bonds is 0. The van der Waals surface area contributed by atoms with Crippen molar-refractivity contribution in [2.45, 2.75) is 13.3 Å². The quantitative estimate of drug-likeness (QED) is 0.146. The van der Waals surface area contributed by atoms with Crippen molar-refractivity contribution >= 4 is 33.6 Å². The van der Waals surface area contributed by atoms with E-state index in [2.05, 4.69) is 84.3 Å². The molecule has 0 atom stereocenters. The van der Waals surface area contributed by atoms with Crippen LogP contribution in [0.1, 0.15) is 12.0 Å². The van der Waals surface area contributed by atoms with Gasteiger partial charge in [0.2, 0.25) is 0 Å². The zero-order valence-corrected chi connectivity index (χ0v) is 24.0. The number of hydrogen-bond acceptors (Lipinski definition) is 0. The van der Waals surface area contributed by atoms with E-state index in [1.165, 1.54) is 44.1 Å². The summed E-state index contributed by atoms with van der Waals surface area (Å²) in [5, 5.41) is 2.63. The molecule has 0 aliphatic heterocycles. The fourth-order valence-corrected chi connectivity index (χ4v) is 2.87. The minimum atomic E-state index is 0. The van der Waals surface area contributed by atoms with Gasteiger partial charge in [-0.15, -0.1) is 41.0 Å². The van der Waals surface area contributed by atoms with Crippen molar-refractivity contribution in [1.82, 2.24) is 0 Å². The van der Waals surface area contributed by atoms with Crippen LogP contribution < -0.4 is 0 Å². The number of fused-ring (bicyclic) bond motifs is 1. The summed E-state index contributed by atoms with van der Waals surface area (Å²) in [6.45, 7) is 5.18. The second-order valence-corrected chi connectivity index (χ2v) is 6.79. The van der Waals surface area contributed by atoms with Crippen LogP contribution in [0, 0.1) is 40.0 Å². The third-order valence-electron chi connectivity index (χ3n) is 3.64. The Kier molecular flexibility index (Phi) is 22.9. The van der Waals surface area contributed by atoms with Gasteiger partial charge in [0.15, 0.2) is 0 Å². The van der Waals surface area contributed by atoms with Gasteiger partial charge < -0.3 is 14.9 Å². The molecule has 1 aliphatic rings. The molecule has 0 bridgehead atoms. The summed E-state index contributed by atoms with van der Waals surface area (Å²) >= 11 is 4.87. The van der Waals surface area contributed by atoms with Gasteiger partial charge in [-0.1, -0.05) is 28.9 Å². The van der Waals surface area contributed by atoms with Gasteiger partial charge in [0.25, 0.3) is 0 Å². The van der Waals surface area contributed by atoms with E-state index in [0.29, 0.717) is 0 Å². The molecule has 5 rings (SSSR count). The summed E-state index contributed by atoms with van der Waals surface area (Å²) in [6.07, 6.45) is 10.0. The molecule has 0 aromatic heterocycles. The van der Waals surface area contributed by atoms with E-state index >= 15 is 0 Å².